The van der Waals surface area contributed by atoms with E-state index in [1.54, 1.807) is 17.5 Å². The molecular formula is C12H8BrN3O3S. The summed E-state index contributed by atoms with van der Waals surface area (Å²) in [5.41, 5.74) is 3.20. The van der Waals surface area contributed by atoms with Gasteiger partial charge in [0.1, 0.15) is 0 Å². The van der Waals surface area contributed by atoms with Crippen LogP contribution >= 0.6 is 27.3 Å². The fraction of sp³-hybridized carbons (Fsp3) is 0. The summed E-state index contributed by atoms with van der Waals surface area (Å²) in [6.07, 6.45) is 0. The number of thiophene rings is 1. The fourth-order valence-corrected chi connectivity index (χ4v) is 2.43. The van der Waals surface area contributed by atoms with E-state index in [9.17, 15) is 14.9 Å². The molecule has 0 aliphatic carbocycles. The smallest absolute Gasteiger partial charge is 0.269 e. The van der Waals surface area contributed by atoms with Crippen molar-refractivity contribution in [1.29, 1.82) is 0 Å². The number of anilines is 1. The van der Waals surface area contributed by atoms with Gasteiger partial charge in [-0.2, -0.15) is 5.10 Å². The number of nitro benzene ring substituents is 1. The lowest BCUT2D eigenvalue weighted by Crippen LogP contribution is -2.07. The van der Waals surface area contributed by atoms with E-state index in [2.05, 4.69) is 26.5 Å². The molecule has 0 atom stereocenters. The number of benzene rings is 1. The zero-order valence-corrected chi connectivity index (χ0v) is 12.3. The Labute approximate surface area is 126 Å². The maximum atomic E-state index is 11.9. The van der Waals surface area contributed by atoms with E-state index in [0.29, 0.717) is 10.6 Å². The first kappa shape index (κ1) is 14.4. The van der Waals surface area contributed by atoms with Crippen LogP contribution in [0.15, 0.2) is 46.9 Å². The molecule has 2 rings (SSSR count). The molecule has 0 bridgehead atoms. The molecule has 0 aliphatic heterocycles. The zero-order valence-electron chi connectivity index (χ0n) is 9.95. The van der Waals surface area contributed by atoms with Crippen molar-refractivity contribution >= 4 is 49.0 Å². The summed E-state index contributed by atoms with van der Waals surface area (Å²) in [7, 11) is 0. The average molecular weight is 354 g/mol. The van der Waals surface area contributed by atoms with Gasteiger partial charge in [-0.05, 0) is 39.5 Å². The maximum absolute atomic E-state index is 11.9. The standard InChI is InChI=1S/C12H8BrN3O3S/c13-12(11(17)10-2-1-7-20-10)15-14-8-3-5-9(6-4-8)16(18)19/h1-7,14H/b15-12-. The molecule has 20 heavy (non-hydrogen) atoms. The Morgan fingerprint density at radius 3 is 2.55 bits per heavy atom. The summed E-state index contributed by atoms with van der Waals surface area (Å²) in [6.45, 7) is 0. The molecule has 8 heteroatoms. The second-order valence-corrected chi connectivity index (χ2v) is 5.32. The van der Waals surface area contributed by atoms with E-state index in [0.717, 1.165) is 0 Å². The van der Waals surface area contributed by atoms with Gasteiger partial charge in [-0.25, -0.2) is 0 Å². The minimum Gasteiger partial charge on any atom is -0.285 e. The van der Waals surface area contributed by atoms with Gasteiger partial charge in [-0.1, -0.05) is 6.07 Å². The molecule has 1 heterocycles. The number of carbonyl (C=O) groups is 1. The molecule has 0 radical (unpaired) electrons. The number of non-ortho nitro benzene ring substituents is 1. The first-order chi connectivity index (χ1) is 9.58. The Morgan fingerprint density at radius 1 is 1.30 bits per heavy atom. The molecule has 0 spiro atoms. The largest absolute Gasteiger partial charge is 0.285 e. The SMILES string of the molecule is O=C(/C(Br)=N/Nc1ccc([N+](=O)[O-])cc1)c1cccs1. The average Bonchev–Trinajstić information content (AvgIpc) is 2.98. The lowest BCUT2D eigenvalue weighted by Gasteiger charge is -2.00. The monoisotopic (exact) mass is 353 g/mol. The predicted molar refractivity (Wildman–Crippen MR) is 81.7 cm³/mol. The number of rotatable bonds is 5. The second kappa shape index (κ2) is 6.40. The second-order valence-electron chi connectivity index (χ2n) is 3.62. The number of halogens is 1. The van der Waals surface area contributed by atoms with Gasteiger partial charge in [0.05, 0.1) is 15.5 Å². The van der Waals surface area contributed by atoms with E-state index in [4.69, 9.17) is 0 Å². The van der Waals surface area contributed by atoms with Gasteiger partial charge in [0.2, 0.25) is 5.78 Å². The van der Waals surface area contributed by atoms with E-state index in [-0.39, 0.29) is 16.1 Å². The third-order valence-corrected chi connectivity index (χ3v) is 3.70. The van der Waals surface area contributed by atoms with Crippen molar-refractivity contribution in [2.24, 2.45) is 5.10 Å². The Hall–Kier alpha value is -2.06. The zero-order chi connectivity index (χ0) is 14.5. The summed E-state index contributed by atoms with van der Waals surface area (Å²) >= 11 is 4.42. The van der Waals surface area contributed by atoms with Gasteiger partial charge >= 0.3 is 0 Å². The highest BCUT2D eigenvalue weighted by atomic mass is 79.9. The number of Topliss-reactive ketones (excluding diaryl/α,β-unsaturated/α-hetero) is 1. The number of hydrogen-bond acceptors (Lipinski definition) is 6. The van der Waals surface area contributed by atoms with Crippen LogP contribution < -0.4 is 5.43 Å². The third-order valence-electron chi connectivity index (χ3n) is 2.29. The molecule has 0 unspecified atom stereocenters. The van der Waals surface area contributed by atoms with Gasteiger partial charge in [0, 0.05) is 12.1 Å². The highest BCUT2D eigenvalue weighted by Crippen LogP contribution is 2.16. The van der Waals surface area contributed by atoms with Crippen molar-refractivity contribution in [3.63, 3.8) is 0 Å². The lowest BCUT2D eigenvalue weighted by molar-refractivity contribution is -0.384. The van der Waals surface area contributed by atoms with Crippen LogP contribution in [0.2, 0.25) is 0 Å². The van der Waals surface area contributed by atoms with Crippen LogP contribution in [0.3, 0.4) is 0 Å². The van der Waals surface area contributed by atoms with Gasteiger partial charge in [0.25, 0.3) is 5.69 Å². The summed E-state index contributed by atoms with van der Waals surface area (Å²) in [5.74, 6) is -0.227. The maximum Gasteiger partial charge on any atom is 0.269 e. The van der Waals surface area contributed by atoms with Crippen LogP contribution in [-0.2, 0) is 0 Å². The summed E-state index contributed by atoms with van der Waals surface area (Å²) in [4.78, 5) is 22.5. The topological polar surface area (TPSA) is 84.6 Å². The highest BCUT2D eigenvalue weighted by Gasteiger charge is 2.12. The molecule has 0 fully saturated rings. The number of hydrazone groups is 1. The summed E-state index contributed by atoms with van der Waals surface area (Å²) < 4.78 is 0.137. The van der Waals surface area contributed by atoms with Crippen LogP contribution in [0.4, 0.5) is 11.4 Å². The molecule has 1 aromatic carbocycles. The number of nitrogens with one attached hydrogen (secondary N) is 1. The highest BCUT2D eigenvalue weighted by molar-refractivity contribution is 9.19. The van der Waals surface area contributed by atoms with Crippen molar-refractivity contribution in [1.82, 2.24) is 0 Å². The van der Waals surface area contributed by atoms with Gasteiger partial charge < -0.3 is 0 Å². The number of nitrogens with zero attached hydrogens (tertiary/aromatic N) is 2. The van der Waals surface area contributed by atoms with Crippen LogP contribution in [0, 0.1) is 10.1 Å². The molecule has 0 saturated carbocycles. The predicted octanol–water partition coefficient (Wildman–Crippen LogP) is 3.66. The minimum absolute atomic E-state index is 0.00624. The molecule has 0 amide bonds. The van der Waals surface area contributed by atoms with Crippen molar-refractivity contribution in [2.45, 2.75) is 0 Å². The first-order valence-corrected chi connectivity index (χ1v) is 7.07. The Bertz CT molecular complexity index is 653. The van der Waals surface area contributed by atoms with E-state index in [1.165, 1.54) is 35.6 Å². The lowest BCUT2D eigenvalue weighted by atomic mass is 10.3. The van der Waals surface area contributed by atoms with Crippen LogP contribution in [0.1, 0.15) is 9.67 Å². The van der Waals surface area contributed by atoms with Gasteiger partial charge in [-0.15, -0.1) is 11.3 Å². The van der Waals surface area contributed by atoms with Gasteiger partial charge in [0.15, 0.2) is 4.62 Å². The van der Waals surface area contributed by atoms with Crippen molar-refractivity contribution in [2.75, 3.05) is 5.43 Å². The Morgan fingerprint density at radius 2 is 2.00 bits per heavy atom. The van der Waals surface area contributed by atoms with Crippen molar-refractivity contribution in [3.05, 3.63) is 56.8 Å². The third kappa shape index (κ3) is 3.49. The number of ketones is 1. The minimum atomic E-state index is -0.483. The quantitative estimate of drug-likeness (QED) is 0.384. The van der Waals surface area contributed by atoms with E-state index >= 15 is 0 Å². The van der Waals surface area contributed by atoms with E-state index < -0.39 is 4.92 Å². The molecule has 0 aliphatic rings. The molecule has 0 saturated heterocycles. The number of hydrogen-bond donors (Lipinski definition) is 1. The number of carbonyl (C=O) groups excluding carboxylic acids is 1. The molecule has 102 valence electrons. The summed E-state index contributed by atoms with van der Waals surface area (Å²) in [5, 5.41) is 16.2. The normalized spacial score (nSPS) is 11.2. The van der Waals surface area contributed by atoms with Crippen molar-refractivity contribution < 1.29 is 9.72 Å². The molecule has 1 aromatic heterocycles. The van der Waals surface area contributed by atoms with Crippen LogP contribution in [0.5, 0.6) is 0 Å². The van der Waals surface area contributed by atoms with Gasteiger partial charge in [-0.3, -0.25) is 20.3 Å². The Balaban J connectivity index is 2.05. The van der Waals surface area contributed by atoms with E-state index in [1.807, 2.05) is 0 Å². The first-order valence-electron chi connectivity index (χ1n) is 5.40. The van der Waals surface area contributed by atoms with Crippen LogP contribution in [0.25, 0.3) is 0 Å². The number of nitro groups is 1. The Kier molecular flexibility index (Phi) is 4.59. The molecule has 6 nitrogen and oxygen atoms in total. The fourth-order valence-electron chi connectivity index (χ4n) is 1.33. The summed E-state index contributed by atoms with van der Waals surface area (Å²) in [6, 6.07) is 9.21. The van der Waals surface area contributed by atoms with Crippen LogP contribution in [-0.4, -0.2) is 15.3 Å². The molecule has 2 aromatic rings. The molecular weight excluding hydrogens is 346 g/mol. The molecule has 1 N–H and O–H groups in total. The van der Waals surface area contributed by atoms with Crippen molar-refractivity contribution in [3.8, 4) is 0 Å².